The minimum absolute atomic E-state index is 0.160. The van der Waals surface area contributed by atoms with E-state index in [1.54, 1.807) is 30.5 Å². The van der Waals surface area contributed by atoms with Crippen LogP contribution in [0.5, 0.6) is 0 Å². The smallest absolute Gasteiger partial charge is 0.277 e. The van der Waals surface area contributed by atoms with E-state index in [1.165, 1.54) is 23.1 Å². The predicted octanol–water partition coefficient (Wildman–Crippen LogP) is 3.82. The SMILES string of the molecule is CCC(C(=O)Nc1ccc(Cl)cn1)n1ccc(C(=O)Nc2ccc(Cl)cn2)n1. The van der Waals surface area contributed by atoms with Crippen LogP contribution in [0.3, 0.4) is 0 Å². The van der Waals surface area contributed by atoms with E-state index < -0.39 is 11.9 Å². The van der Waals surface area contributed by atoms with E-state index >= 15 is 0 Å². The number of amides is 2. The maximum absolute atomic E-state index is 12.6. The molecule has 8 nitrogen and oxygen atoms in total. The quantitative estimate of drug-likeness (QED) is 0.633. The highest BCUT2D eigenvalue weighted by molar-refractivity contribution is 6.30. The molecule has 3 rings (SSSR count). The molecule has 28 heavy (non-hydrogen) atoms. The van der Waals surface area contributed by atoms with Crippen LogP contribution in [0.15, 0.2) is 48.9 Å². The van der Waals surface area contributed by atoms with Crippen molar-refractivity contribution < 1.29 is 9.59 Å². The fourth-order valence-electron chi connectivity index (χ4n) is 2.41. The summed E-state index contributed by atoms with van der Waals surface area (Å²) in [6, 6.07) is 7.36. The van der Waals surface area contributed by atoms with Crippen LogP contribution < -0.4 is 10.6 Å². The van der Waals surface area contributed by atoms with E-state index in [-0.39, 0.29) is 11.6 Å². The van der Waals surface area contributed by atoms with Gasteiger partial charge in [0, 0.05) is 18.6 Å². The first-order chi connectivity index (χ1) is 13.5. The first-order valence-electron chi connectivity index (χ1n) is 8.36. The van der Waals surface area contributed by atoms with Gasteiger partial charge in [0.25, 0.3) is 5.91 Å². The molecular weight excluding hydrogens is 403 g/mol. The summed E-state index contributed by atoms with van der Waals surface area (Å²) in [5.74, 6) is -0.00992. The fraction of sp³-hybridized carbons (Fsp3) is 0.167. The molecule has 3 heterocycles. The molecule has 0 saturated carbocycles. The highest BCUT2D eigenvalue weighted by Gasteiger charge is 2.21. The number of carbonyl (C=O) groups is 2. The molecule has 0 fully saturated rings. The van der Waals surface area contributed by atoms with Gasteiger partial charge in [-0.1, -0.05) is 30.1 Å². The fourth-order valence-corrected chi connectivity index (χ4v) is 2.64. The van der Waals surface area contributed by atoms with Gasteiger partial charge in [-0.2, -0.15) is 5.10 Å². The number of anilines is 2. The summed E-state index contributed by atoms with van der Waals surface area (Å²) >= 11 is 11.6. The Labute approximate surface area is 170 Å². The minimum Gasteiger partial charge on any atom is -0.309 e. The number of pyridine rings is 2. The van der Waals surface area contributed by atoms with Crippen LogP contribution in [0, 0.1) is 0 Å². The Bertz CT molecular complexity index is 973. The van der Waals surface area contributed by atoms with Gasteiger partial charge in [0.15, 0.2) is 5.69 Å². The molecule has 1 atom stereocenters. The van der Waals surface area contributed by atoms with E-state index in [0.717, 1.165) is 0 Å². The molecule has 0 aliphatic rings. The number of hydrogen-bond acceptors (Lipinski definition) is 5. The van der Waals surface area contributed by atoms with E-state index in [1.807, 2.05) is 6.92 Å². The highest BCUT2D eigenvalue weighted by Crippen LogP contribution is 2.16. The molecule has 2 N–H and O–H groups in total. The highest BCUT2D eigenvalue weighted by atomic mass is 35.5. The Balaban J connectivity index is 1.69. The van der Waals surface area contributed by atoms with Gasteiger partial charge in [-0.05, 0) is 36.8 Å². The number of nitrogens with one attached hydrogen (secondary N) is 2. The zero-order valence-corrected chi connectivity index (χ0v) is 16.3. The van der Waals surface area contributed by atoms with Crippen LogP contribution in [-0.4, -0.2) is 31.6 Å². The Morgan fingerprint density at radius 2 is 1.61 bits per heavy atom. The van der Waals surface area contributed by atoms with Gasteiger partial charge >= 0.3 is 0 Å². The second-order valence-corrected chi connectivity index (χ2v) is 6.64. The molecule has 0 aliphatic carbocycles. The molecule has 3 aromatic heterocycles. The van der Waals surface area contributed by atoms with Crippen molar-refractivity contribution in [2.24, 2.45) is 0 Å². The lowest BCUT2D eigenvalue weighted by molar-refractivity contribution is -0.119. The normalized spacial score (nSPS) is 11.7. The lowest BCUT2D eigenvalue weighted by atomic mass is 10.2. The molecule has 2 amide bonds. The van der Waals surface area contributed by atoms with Crippen molar-refractivity contribution in [1.82, 2.24) is 19.7 Å². The van der Waals surface area contributed by atoms with Crippen molar-refractivity contribution in [2.45, 2.75) is 19.4 Å². The number of halogens is 2. The van der Waals surface area contributed by atoms with Crippen LogP contribution in [0.1, 0.15) is 29.9 Å². The molecule has 0 aromatic carbocycles. The number of hydrogen-bond donors (Lipinski definition) is 2. The first kappa shape index (κ1) is 19.8. The average molecular weight is 419 g/mol. The van der Waals surface area contributed by atoms with Gasteiger partial charge in [-0.25, -0.2) is 9.97 Å². The Morgan fingerprint density at radius 3 is 2.14 bits per heavy atom. The minimum atomic E-state index is -0.604. The van der Waals surface area contributed by atoms with Crippen LogP contribution in [-0.2, 0) is 4.79 Å². The molecule has 0 saturated heterocycles. The molecule has 0 radical (unpaired) electrons. The summed E-state index contributed by atoms with van der Waals surface area (Å²) < 4.78 is 1.44. The topological polar surface area (TPSA) is 102 Å². The maximum Gasteiger partial charge on any atom is 0.277 e. The third-order valence-electron chi connectivity index (χ3n) is 3.80. The number of rotatable bonds is 6. The number of aromatic nitrogens is 4. The average Bonchev–Trinajstić information content (AvgIpc) is 3.16. The third-order valence-corrected chi connectivity index (χ3v) is 4.24. The van der Waals surface area contributed by atoms with Gasteiger partial charge < -0.3 is 10.6 Å². The number of carbonyl (C=O) groups excluding carboxylic acids is 2. The van der Waals surface area contributed by atoms with Gasteiger partial charge in [-0.3, -0.25) is 14.3 Å². The Kier molecular flexibility index (Phi) is 6.23. The summed E-state index contributed by atoms with van der Waals surface area (Å²) in [5.41, 5.74) is 0.160. The maximum atomic E-state index is 12.6. The Hall–Kier alpha value is -2.97. The van der Waals surface area contributed by atoms with E-state index in [2.05, 4.69) is 25.7 Å². The van der Waals surface area contributed by atoms with Gasteiger partial charge in [0.05, 0.1) is 10.0 Å². The summed E-state index contributed by atoms with van der Waals surface area (Å²) in [6.07, 6.45) is 4.92. The van der Waals surface area contributed by atoms with E-state index in [9.17, 15) is 9.59 Å². The largest absolute Gasteiger partial charge is 0.309 e. The molecule has 144 valence electrons. The lowest BCUT2D eigenvalue weighted by Crippen LogP contribution is -2.26. The zero-order valence-electron chi connectivity index (χ0n) is 14.8. The van der Waals surface area contributed by atoms with Crippen LogP contribution in [0.2, 0.25) is 10.0 Å². The second kappa shape index (κ2) is 8.81. The molecule has 0 spiro atoms. The van der Waals surface area contributed by atoms with Crippen molar-refractivity contribution in [2.75, 3.05) is 10.6 Å². The van der Waals surface area contributed by atoms with Crippen LogP contribution in [0.25, 0.3) is 0 Å². The standard InChI is InChI=1S/C18H16Cl2N6O2/c1-2-14(18(28)24-16-6-4-12(20)10-22-16)26-8-7-13(25-26)17(27)23-15-5-3-11(19)9-21-15/h3-10,14H,2H2,1H3,(H,21,23,27)(H,22,24,28). The van der Waals surface area contributed by atoms with Crippen LogP contribution >= 0.6 is 23.2 Å². The summed E-state index contributed by atoms with van der Waals surface area (Å²) in [6.45, 7) is 1.85. The summed E-state index contributed by atoms with van der Waals surface area (Å²) in [7, 11) is 0. The van der Waals surface area contributed by atoms with Crippen molar-refractivity contribution in [3.63, 3.8) is 0 Å². The third kappa shape index (κ3) is 4.85. The van der Waals surface area contributed by atoms with Gasteiger partial charge in [-0.15, -0.1) is 0 Å². The van der Waals surface area contributed by atoms with Gasteiger partial charge in [0.2, 0.25) is 5.91 Å². The molecule has 3 aromatic rings. The van der Waals surface area contributed by atoms with Crippen molar-refractivity contribution in [3.8, 4) is 0 Å². The summed E-state index contributed by atoms with van der Waals surface area (Å²) in [5, 5.41) is 10.5. The molecule has 1 unspecified atom stereocenters. The van der Waals surface area contributed by atoms with Crippen molar-refractivity contribution >= 4 is 46.7 Å². The number of nitrogens with zero attached hydrogens (tertiary/aromatic N) is 4. The lowest BCUT2D eigenvalue weighted by Gasteiger charge is -2.15. The molecule has 0 aliphatic heterocycles. The van der Waals surface area contributed by atoms with E-state index in [4.69, 9.17) is 23.2 Å². The van der Waals surface area contributed by atoms with Crippen molar-refractivity contribution in [1.29, 1.82) is 0 Å². The monoisotopic (exact) mass is 418 g/mol. The zero-order chi connectivity index (χ0) is 20.1. The summed E-state index contributed by atoms with van der Waals surface area (Å²) in [4.78, 5) is 32.9. The molecule has 10 heteroatoms. The second-order valence-electron chi connectivity index (χ2n) is 5.77. The van der Waals surface area contributed by atoms with E-state index in [0.29, 0.717) is 28.1 Å². The predicted molar refractivity (Wildman–Crippen MR) is 107 cm³/mol. The first-order valence-corrected chi connectivity index (χ1v) is 9.12. The molecular formula is C18H16Cl2N6O2. The van der Waals surface area contributed by atoms with Crippen molar-refractivity contribution in [3.05, 3.63) is 64.7 Å². The molecule has 0 bridgehead atoms. The van der Waals surface area contributed by atoms with Crippen LogP contribution in [0.4, 0.5) is 11.6 Å². The van der Waals surface area contributed by atoms with Gasteiger partial charge in [0.1, 0.15) is 17.7 Å². The Morgan fingerprint density at radius 1 is 1.00 bits per heavy atom.